The van der Waals surface area contributed by atoms with E-state index in [1.54, 1.807) is 19.2 Å². The van der Waals surface area contributed by atoms with Crippen LogP contribution in [0.3, 0.4) is 0 Å². The van der Waals surface area contributed by atoms with E-state index in [0.717, 1.165) is 29.7 Å². The van der Waals surface area contributed by atoms with Gasteiger partial charge in [0.2, 0.25) is 0 Å². The molecule has 0 radical (unpaired) electrons. The quantitative estimate of drug-likeness (QED) is 0.272. The van der Waals surface area contributed by atoms with Crippen molar-refractivity contribution >= 4 is 69.4 Å². The number of fused-ring (bicyclic) bond motifs is 2. The molecule has 0 spiro atoms. The van der Waals surface area contributed by atoms with Crippen molar-refractivity contribution in [3.05, 3.63) is 61.4 Å². The second-order valence-corrected chi connectivity index (χ2v) is 12.9. The van der Waals surface area contributed by atoms with E-state index in [2.05, 4.69) is 36.3 Å². The van der Waals surface area contributed by atoms with Gasteiger partial charge in [0.1, 0.15) is 12.4 Å². The van der Waals surface area contributed by atoms with Gasteiger partial charge in [-0.2, -0.15) is 5.10 Å². The number of thioether (sulfide) groups is 1. The number of carbonyl (C=O) groups is 1. The molecule has 2 aromatic rings. The number of nitrogens with zero attached hydrogens (tertiary/aromatic N) is 2. The Morgan fingerprint density at radius 2 is 1.87 bits per heavy atom. The fourth-order valence-electron chi connectivity index (χ4n) is 5.63. The van der Waals surface area contributed by atoms with Gasteiger partial charge < -0.3 is 9.47 Å². The molecule has 6 nitrogen and oxygen atoms in total. The average Bonchev–Trinajstić information content (AvgIpc) is 3.38. The SMILES string of the molecule is COc1ccc(C=C2SC(=NN=C3CC4CCC3(C)C4(C)C)NC2=O)cc1COc1c(Cl)cc(Cl)cc1Cl. The maximum atomic E-state index is 12.7. The maximum absolute atomic E-state index is 12.7. The van der Waals surface area contributed by atoms with Gasteiger partial charge in [-0.05, 0) is 78.3 Å². The van der Waals surface area contributed by atoms with E-state index in [0.29, 0.717) is 42.6 Å². The Labute approximate surface area is 241 Å². The van der Waals surface area contributed by atoms with Gasteiger partial charge in [0.15, 0.2) is 10.9 Å². The monoisotopic (exact) mass is 591 g/mol. The molecule has 3 fully saturated rings. The highest BCUT2D eigenvalue weighted by Crippen LogP contribution is 2.64. The summed E-state index contributed by atoms with van der Waals surface area (Å²) in [4.78, 5) is 13.2. The van der Waals surface area contributed by atoms with Crippen molar-refractivity contribution in [1.29, 1.82) is 0 Å². The van der Waals surface area contributed by atoms with E-state index < -0.39 is 0 Å². The maximum Gasteiger partial charge on any atom is 0.264 e. The highest BCUT2D eigenvalue weighted by atomic mass is 35.5. The standard InChI is InChI=1S/C28H28Cl3N3O3S/c1-27(2)17-7-8-28(27,3)23(11-17)33-34-26-32-25(35)22(38-26)10-15-5-6-21(36-4)16(9-15)14-37-24-19(30)12-18(29)13-20(24)31/h5-6,9-10,12-13,17H,7-8,11,14H2,1-4H3,(H,32,34,35). The van der Waals surface area contributed by atoms with Crippen molar-refractivity contribution in [3.8, 4) is 11.5 Å². The molecule has 3 aliphatic rings. The summed E-state index contributed by atoms with van der Waals surface area (Å²) in [6.07, 6.45) is 5.17. The van der Waals surface area contributed by atoms with Crippen LogP contribution in [-0.4, -0.2) is 23.9 Å². The van der Waals surface area contributed by atoms with Crippen molar-refractivity contribution in [1.82, 2.24) is 5.32 Å². The van der Waals surface area contributed by atoms with Crippen LogP contribution in [0.1, 0.15) is 51.2 Å². The third-order valence-corrected chi connectivity index (χ3v) is 10.0. The molecular formula is C28H28Cl3N3O3S. The van der Waals surface area contributed by atoms with Crippen molar-refractivity contribution in [2.75, 3.05) is 7.11 Å². The molecule has 1 saturated heterocycles. The zero-order valence-electron chi connectivity index (χ0n) is 21.5. The van der Waals surface area contributed by atoms with Crippen LogP contribution in [0.2, 0.25) is 15.1 Å². The minimum atomic E-state index is -0.207. The number of amidine groups is 1. The molecule has 5 rings (SSSR count). The van der Waals surface area contributed by atoms with Gasteiger partial charge in [0.05, 0.1) is 22.1 Å². The second kappa shape index (κ2) is 10.4. The van der Waals surface area contributed by atoms with Crippen LogP contribution >= 0.6 is 46.6 Å². The Kier molecular flexibility index (Phi) is 7.50. The van der Waals surface area contributed by atoms with Gasteiger partial charge in [-0.1, -0.05) is 61.6 Å². The normalized spacial score (nSPS) is 27.0. The summed E-state index contributed by atoms with van der Waals surface area (Å²) in [7, 11) is 1.58. The Morgan fingerprint density at radius 1 is 1.13 bits per heavy atom. The molecule has 38 heavy (non-hydrogen) atoms. The van der Waals surface area contributed by atoms with Gasteiger partial charge in [-0.25, -0.2) is 0 Å². The number of benzene rings is 2. The summed E-state index contributed by atoms with van der Waals surface area (Å²) >= 11 is 19.8. The number of amides is 1. The fraction of sp³-hybridized carbons (Fsp3) is 0.393. The number of rotatable bonds is 6. The van der Waals surface area contributed by atoms with Gasteiger partial charge in [-0.3, -0.25) is 10.1 Å². The molecule has 2 saturated carbocycles. The zero-order chi connectivity index (χ0) is 27.2. The first-order chi connectivity index (χ1) is 18.0. The molecule has 2 atom stereocenters. The van der Waals surface area contributed by atoms with Crippen molar-refractivity contribution < 1.29 is 14.3 Å². The van der Waals surface area contributed by atoms with E-state index in [1.807, 2.05) is 24.3 Å². The molecule has 1 N–H and O–H groups in total. The van der Waals surface area contributed by atoms with E-state index in [-0.39, 0.29) is 23.3 Å². The van der Waals surface area contributed by atoms with Crippen LogP contribution in [0.5, 0.6) is 11.5 Å². The summed E-state index contributed by atoms with van der Waals surface area (Å²) in [6, 6.07) is 8.73. The second-order valence-electron chi connectivity index (χ2n) is 10.6. The molecule has 1 heterocycles. The highest BCUT2D eigenvalue weighted by molar-refractivity contribution is 8.18. The average molecular weight is 593 g/mol. The van der Waals surface area contributed by atoms with Crippen LogP contribution in [0.4, 0.5) is 0 Å². The lowest BCUT2D eigenvalue weighted by molar-refractivity contribution is -0.115. The zero-order valence-corrected chi connectivity index (χ0v) is 24.6. The smallest absolute Gasteiger partial charge is 0.264 e. The number of hydrogen-bond acceptors (Lipinski definition) is 6. The highest BCUT2D eigenvalue weighted by Gasteiger charge is 2.60. The molecular weight excluding hydrogens is 565 g/mol. The van der Waals surface area contributed by atoms with Gasteiger partial charge in [-0.15, -0.1) is 5.10 Å². The number of carbonyl (C=O) groups excluding carboxylic acids is 1. The summed E-state index contributed by atoms with van der Waals surface area (Å²) in [5, 5.41) is 13.4. The molecule has 10 heteroatoms. The number of methoxy groups -OCH3 is 1. The van der Waals surface area contributed by atoms with Gasteiger partial charge in [0, 0.05) is 21.7 Å². The van der Waals surface area contributed by atoms with Crippen molar-refractivity contribution in [2.24, 2.45) is 27.0 Å². The van der Waals surface area contributed by atoms with Crippen LogP contribution in [0, 0.1) is 16.7 Å². The third-order valence-electron chi connectivity index (χ3n) is 8.36. The van der Waals surface area contributed by atoms with Crippen LogP contribution < -0.4 is 14.8 Å². The molecule has 2 bridgehead atoms. The van der Waals surface area contributed by atoms with Crippen molar-refractivity contribution in [3.63, 3.8) is 0 Å². The van der Waals surface area contributed by atoms with Crippen LogP contribution in [0.25, 0.3) is 6.08 Å². The number of halogens is 3. The third kappa shape index (κ3) is 4.94. The minimum absolute atomic E-state index is 0.0652. The fourth-order valence-corrected chi connectivity index (χ4v) is 7.33. The molecule has 1 amide bonds. The molecule has 2 aliphatic carbocycles. The Balaban J connectivity index is 1.33. The van der Waals surface area contributed by atoms with Crippen LogP contribution in [-0.2, 0) is 11.4 Å². The molecule has 2 unspecified atom stereocenters. The summed E-state index contributed by atoms with van der Waals surface area (Å²) < 4.78 is 11.4. The predicted molar refractivity (Wildman–Crippen MR) is 157 cm³/mol. The molecule has 0 aromatic heterocycles. The van der Waals surface area contributed by atoms with E-state index in [1.165, 1.54) is 18.2 Å². The van der Waals surface area contributed by atoms with E-state index in [9.17, 15) is 4.79 Å². The number of nitrogens with one attached hydrogen (secondary N) is 1. The molecule has 2 aromatic carbocycles. The van der Waals surface area contributed by atoms with Gasteiger partial charge in [0.25, 0.3) is 5.91 Å². The first kappa shape index (κ1) is 27.4. The number of hydrogen-bond donors (Lipinski definition) is 1. The molecule has 200 valence electrons. The largest absolute Gasteiger partial charge is 0.496 e. The lowest BCUT2D eigenvalue weighted by Gasteiger charge is -2.34. The lowest BCUT2D eigenvalue weighted by Crippen LogP contribution is -2.32. The van der Waals surface area contributed by atoms with Gasteiger partial charge >= 0.3 is 0 Å². The lowest BCUT2D eigenvalue weighted by atomic mass is 9.70. The first-order valence-corrected chi connectivity index (χ1v) is 14.3. The Morgan fingerprint density at radius 3 is 2.50 bits per heavy atom. The predicted octanol–water partition coefficient (Wildman–Crippen LogP) is 8.00. The topological polar surface area (TPSA) is 72.3 Å². The van der Waals surface area contributed by atoms with Crippen LogP contribution in [0.15, 0.2) is 45.4 Å². The van der Waals surface area contributed by atoms with E-state index >= 15 is 0 Å². The summed E-state index contributed by atoms with van der Waals surface area (Å²) in [5.74, 6) is 1.41. The Bertz CT molecular complexity index is 1380. The number of ether oxygens (including phenoxy) is 2. The summed E-state index contributed by atoms with van der Waals surface area (Å²) in [6.45, 7) is 7.12. The first-order valence-electron chi connectivity index (χ1n) is 12.3. The minimum Gasteiger partial charge on any atom is -0.496 e. The summed E-state index contributed by atoms with van der Waals surface area (Å²) in [5.41, 5.74) is 3.00. The molecule has 1 aliphatic heterocycles. The Hall–Kier alpha value is -2.19. The van der Waals surface area contributed by atoms with Crippen molar-refractivity contribution in [2.45, 2.75) is 46.6 Å². The van der Waals surface area contributed by atoms with E-state index in [4.69, 9.17) is 44.3 Å².